The normalized spacial score (nSPS) is 20.8. The van der Waals surface area contributed by atoms with Gasteiger partial charge in [-0.1, -0.05) is 114 Å². The third-order valence-corrected chi connectivity index (χ3v) is 8.68. The molecule has 0 saturated heterocycles. The van der Waals surface area contributed by atoms with E-state index in [0.717, 1.165) is 11.5 Å². The van der Waals surface area contributed by atoms with Gasteiger partial charge in [0.15, 0.2) is 0 Å². The number of aryl methyl sites for hydroxylation is 1. The third kappa shape index (κ3) is 7.53. The van der Waals surface area contributed by atoms with Crippen LogP contribution in [0.5, 0.6) is 0 Å². The Bertz CT molecular complexity index is 756. The van der Waals surface area contributed by atoms with Crippen LogP contribution in [-0.2, 0) is 6.42 Å². The summed E-state index contributed by atoms with van der Waals surface area (Å²) in [5.41, 5.74) is 5.10. The van der Waals surface area contributed by atoms with Crippen molar-refractivity contribution in [2.75, 3.05) is 0 Å². The van der Waals surface area contributed by atoms with Crippen LogP contribution in [0.25, 0.3) is 11.1 Å². The summed E-state index contributed by atoms with van der Waals surface area (Å²) in [5, 5.41) is -0.102. The van der Waals surface area contributed by atoms with E-state index in [9.17, 15) is 0 Å². The van der Waals surface area contributed by atoms with Crippen LogP contribution in [0.2, 0.25) is 0 Å². The summed E-state index contributed by atoms with van der Waals surface area (Å²) < 4.78 is 0. The predicted molar refractivity (Wildman–Crippen MR) is 143 cm³/mol. The molecule has 0 radical (unpaired) electrons. The van der Waals surface area contributed by atoms with Gasteiger partial charge in [0.25, 0.3) is 0 Å². The fourth-order valence-corrected chi connectivity index (χ4v) is 5.95. The molecule has 2 aromatic carbocycles. The number of rotatable bonds is 12. The molecule has 1 aliphatic carbocycles. The lowest BCUT2D eigenvalue weighted by atomic mass is 9.77. The van der Waals surface area contributed by atoms with Gasteiger partial charge in [-0.15, -0.1) is 23.2 Å². The zero-order valence-electron chi connectivity index (χ0n) is 20.2. The molecule has 1 fully saturated rings. The monoisotopic (exact) mass is 472 g/mol. The average Bonchev–Trinajstić information content (AvgIpc) is 2.84. The van der Waals surface area contributed by atoms with Crippen molar-refractivity contribution in [2.45, 2.75) is 102 Å². The second-order valence-electron chi connectivity index (χ2n) is 9.90. The molecule has 32 heavy (non-hydrogen) atoms. The molecule has 0 bridgehead atoms. The van der Waals surface area contributed by atoms with Gasteiger partial charge in [-0.3, -0.25) is 0 Å². The third-order valence-electron chi connectivity index (χ3n) is 7.42. The van der Waals surface area contributed by atoms with Crippen LogP contribution in [0.4, 0.5) is 0 Å². The summed E-state index contributed by atoms with van der Waals surface area (Å²) in [7, 11) is 0. The zero-order chi connectivity index (χ0) is 22.8. The van der Waals surface area contributed by atoms with Crippen molar-refractivity contribution in [2.24, 2.45) is 11.8 Å². The Balaban J connectivity index is 1.51. The minimum atomic E-state index is -0.117. The van der Waals surface area contributed by atoms with Crippen molar-refractivity contribution in [1.29, 1.82) is 0 Å². The van der Waals surface area contributed by atoms with E-state index in [4.69, 9.17) is 23.2 Å². The average molecular weight is 474 g/mol. The van der Waals surface area contributed by atoms with Gasteiger partial charge in [0.05, 0.1) is 10.8 Å². The Morgan fingerprint density at radius 1 is 0.719 bits per heavy atom. The fourth-order valence-electron chi connectivity index (χ4n) is 5.20. The first-order valence-corrected chi connectivity index (χ1v) is 14.0. The standard InChI is InChI=1S/C30H42Cl2/c1-3-5-7-9-23-11-15-25(16-12-23)26-19-21-28(22-20-26)30(32)29(31)27-17-13-24(14-18-27)10-8-6-4-2/h11-12,15-16,19-22,24,27,29-30H,3-10,13-14,17-18H2,1-2H3/t24?,27?,29-,30-/m0/s1. The van der Waals surface area contributed by atoms with Gasteiger partial charge >= 0.3 is 0 Å². The topological polar surface area (TPSA) is 0 Å². The molecule has 0 spiro atoms. The number of halogens is 2. The van der Waals surface area contributed by atoms with Crippen molar-refractivity contribution in [3.05, 3.63) is 59.7 Å². The maximum Gasteiger partial charge on any atom is 0.0751 e. The van der Waals surface area contributed by atoms with E-state index in [-0.39, 0.29) is 10.8 Å². The molecule has 0 aromatic heterocycles. The van der Waals surface area contributed by atoms with E-state index in [1.165, 1.54) is 93.7 Å². The van der Waals surface area contributed by atoms with Crippen LogP contribution in [-0.4, -0.2) is 5.38 Å². The molecule has 2 heteroatoms. The summed E-state index contributed by atoms with van der Waals surface area (Å²) in [6.45, 7) is 4.54. The smallest absolute Gasteiger partial charge is 0.0751 e. The van der Waals surface area contributed by atoms with Crippen molar-refractivity contribution in [3.8, 4) is 11.1 Å². The molecule has 3 rings (SSSR count). The van der Waals surface area contributed by atoms with Crippen LogP contribution >= 0.6 is 23.2 Å². The van der Waals surface area contributed by atoms with E-state index < -0.39 is 0 Å². The molecule has 0 heterocycles. The Labute approximate surface area is 207 Å². The van der Waals surface area contributed by atoms with Gasteiger partial charge in [0.2, 0.25) is 0 Å². The predicted octanol–water partition coefficient (Wildman–Crippen LogP) is 10.4. The quantitative estimate of drug-likeness (QED) is 0.212. The molecule has 2 atom stereocenters. The molecule has 2 aromatic rings. The lowest BCUT2D eigenvalue weighted by molar-refractivity contribution is 0.250. The minimum Gasteiger partial charge on any atom is -0.121 e. The first kappa shape index (κ1) is 25.6. The molecular weight excluding hydrogens is 431 g/mol. The lowest BCUT2D eigenvalue weighted by Gasteiger charge is -2.33. The summed E-state index contributed by atoms with van der Waals surface area (Å²) in [6.07, 6.45) is 15.6. The first-order valence-electron chi connectivity index (χ1n) is 13.1. The molecule has 1 saturated carbocycles. The van der Waals surface area contributed by atoms with Gasteiger partial charge in [0, 0.05) is 0 Å². The van der Waals surface area contributed by atoms with Crippen LogP contribution < -0.4 is 0 Å². The summed E-state index contributed by atoms with van der Waals surface area (Å²) in [5.74, 6) is 1.45. The largest absolute Gasteiger partial charge is 0.121 e. The highest BCUT2D eigenvalue weighted by atomic mass is 35.5. The molecule has 176 valence electrons. The second kappa shape index (κ2) is 13.7. The van der Waals surface area contributed by atoms with Crippen LogP contribution in [0, 0.1) is 11.8 Å². The van der Waals surface area contributed by atoms with E-state index >= 15 is 0 Å². The van der Waals surface area contributed by atoms with Gasteiger partial charge in [-0.25, -0.2) is 0 Å². The molecule has 0 unspecified atom stereocenters. The van der Waals surface area contributed by atoms with Crippen molar-refractivity contribution in [3.63, 3.8) is 0 Å². The Morgan fingerprint density at radius 2 is 1.28 bits per heavy atom. The van der Waals surface area contributed by atoms with Gasteiger partial charge in [0.1, 0.15) is 0 Å². The van der Waals surface area contributed by atoms with Gasteiger partial charge < -0.3 is 0 Å². The Kier molecular flexibility index (Phi) is 10.9. The second-order valence-corrected chi connectivity index (χ2v) is 10.9. The maximum absolute atomic E-state index is 6.91. The number of benzene rings is 2. The SMILES string of the molecule is CCCCCc1ccc(-c2ccc([C@H](Cl)[C@@H](Cl)C3CCC(CCCCC)CC3)cc2)cc1. The Hall–Kier alpha value is -0.980. The number of unbranched alkanes of at least 4 members (excludes halogenated alkanes) is 4. The van der Waals surface area contributed by atoms with E-state index in [0.29, 0.717) is 5.92 Å². The molecular formula is C30H42Cl2. The summed E-state index contributed by atoms with van der Waals surface area (Å²) in [6, 6.07) is 17.8. The van der Waals surface area contributed by atoms with Crippen LogP contribution in [0.15, 0.2) is 48.5 Å². The highest BCUT2D eigenvalue weighted by Crippen LogP contribution is 2.41. The van der Waals surface area contributed by atoms with Gasteiger partial charge in [-0.05, 0) is 59.8 Å². The summed E-state index contributed by atoms with van der Waals surface area (Å²) in [4.78, 5) is 0. The molecule has 1 aliphatic rings. The van der Waals surface area contributed by atoms with Gasteiger partial charge in [-0.2, -0.15) is 0 Å². The number of hydrogen-bond acceptors (Lipinski definition) is 0. The fraction of sp³-hybridized carbons (Fsp3) is 0.600. The first-order chi connectivity index (χ1) is 15.6. The van der Waals surface area contributed by atoms with E-state index in [2.05, 4.69) is 62.4 Å². The van der Waals surface area contributed by atoms with Crippen LogP contribution in [0.1, 0.15) is 101 Å². The van der Waals surface area contributed by atoms with E-state index in [1.54, 1.807) is 0 Å². The van der Waals surface area contributed by atoms with Crippen molar-refractivity contribution < 1.29 is 0 Å². The van der Waals surface area contributed by atoms with Crippen LogP contribution in [0.3, 0.4) is 0 Å². The molecule has 0 aliphatic heterocycles. The highest BCUT2D eigenvalue weighted by molar-refractivity contribution is 6.30. The van der Waals surface area contributed by atoms with Crippen molar-refractivity contribution in [1.82, 2.24) is 0 Å². The number of alkyl halides is 2. The lowest BCUT2D eigenvalue weighted by Crippen LogP contribution is -2.25. The maximum atomic E-state index is 6.91. The molecule has 0 N–H and O–H groups in total. The number of hydrogen-bond donors (Lipinski definition) is 0. The molecule has 0 amide bonds. The Morgan fingerprint density at radius 3 is 1.88 bits per heavy atom. The summed E-state index contributed by atoms with van der Waals surface area (Å²) >= 11 is 13.8. The van der Waals surface area contributed by atoms with Crippen molar-refractivity contribution >= 4 is 23.2 Å². The highest BCUT2D eigenvalue weighted by Gasteiger charge is 2.31. The molecule has 0 nitrogen and oxygen atoms in total. The van der Waals surface area contributed by atoms with E-state index in [1.807, 2.05) is 0 Å². The minimum absolute atomic E-state index is 0.0153. The zero-order valence-corrected chi connectivity index (χ0v) is 21.7.